The lowest BCUT2D eigenvalue weighted by atomic mass is 9.33. The first-order valence-corrected chi connectivity index (χ1v) is 36.0. The van der Waals surface area contributed by atoms with Crippen molar-refractivity contribution < 1.29 is 0 Å². The van der Waals surface area contributed by atoms with E-state index in [-0.39, 0.29) is 12.1 Å². The second-order valence-electron chi connectivity index (χ2n) is 29.0. The van der Waals surface area contributed by atoms with Gasteiger partial charge in [-0.25, -0.2) is 0 Å². The minimum Gasteiger partial charge on any atom is -0.310 e. The number of aromatic nitrogens is 2. The van der Waals surface area contributed by atoms with Crippen LogP contribution < -0.4 is 26.2 Å². The van der Waals surface area contributed by atoms with Crippen LogP contribution in [0.5, 0.6) is 0 Å². The molecule has 0 saturated carbocycles. The summed E-state index contributed by atoms with van der Waals surface area (Å²) >= 11 is 0. The molecule has 4 heterocycles. The first-order valence-electron chi connectivity index (χ1n) is 36.0. The molecule has 0 saturated heterocycles. The van der Waals surface area contributed by atoms with Crippen LogP contribution in [0.15, 0.2) is 352 Å². The van der Waals surface area contributed by atoms with Gasteiger partial charge in [-0.05, 0) is 130 Å². The molecule has 2 aromatic heterocycles. The second kappa shape index (κ2) is 22.8. The van der Waals surface area contributed by atoms with Crippen LogP contribution in [0, 0.1) is 0 Å². The average Bonchev–Trinajstić information content (AvgIpc) is 1.01. The Labute approximate surface area is 598 Å². The maximum absolute atomic E-state index is 2.71. The van der Waals surface area contributed by atoms with Gasteiger partial charge in [-0.3, -0.25) is 0 Å². The third-order valence-electron chi connectivity index (χ3n) is 22.4. The Kier molecular flexibility index (Phi) is 13.0. The molecule has 0 bridgehead atoms. The molecule has 0 unspecified atom stereocenters. The fourth-order valence-electron chi connectivity index (χ4n) is 17.8. The number of nitrogens with zero attached hydrogens (tertiary/aromatic N) is 4. The molecule has 482 valence electrons. The van der Waals surface area contributed by atoms with Gasteiger partial charge in [0.2, 0.25) is 0 Å². The molecule has 0 radical (unpaired) electrons. The van der Waals surface area contributed by atoms with E-state index in [9.17, 15) is 0 Å². The lowest BCUT2D eigenvalue weighted by Gasteiger charge is -2.46. The minimum absolute atomic E-state index is 0.251. The summed E-state index contributed by atoms with van der Waals surface area (Å²) in [4.78, 5) is 5.42. The maximum atomic E-state index is 2.71. The summed E-state index contributed by atoms with van der Waals surface area (Å²) in [5.74, 6) is 0. The van der Waals surface area contributed by atoms with Crippen LogP contribution >= 0.6 is 0 Å². The van der Waals surface area contributed by atoms with Gasteiger partial charge in [0.15, 0.2) is 0 Å². The van der Waals surface area contributed by atoms with Crippen molar-refractivity contribution in [3.8, 4) is 55.9 Å². The molecule has 103 heavy (non-hydrogen) atoms. The number of fused-ring (bicyclic) bond motifs is 18. The van der Waals surface area contributed by atoms with Crippen molar-refractivity contribution in [1.82, 2.24) is 9.13 Å². The van der Waals surface area contributed by atoms with Crippen molar-refractivity contribution in [1.29, 1.82) is 0 Å². The monoisotopic (exact) mass is 1310 g/mol. The van der Waals surface area contributed by atoms with Crippen LogP contribution in [0.2, 0.25) is 0 Å². The number of hydrogen-bond donors (Lipinski definition) is 0. The van der Waals surface area contributed by atoms with E-state index in [0.717, 1.165) is 90.0 Å². The third-order valence-corrected chi connectivity index (χ3v) is 22.4. The second-order valence-corrected chi connectivity index (χ2v) is 29.0. The Morgan fingerprint density at radius 2 is 0.592 bits per heavy atom. The van der Waals surface area contributed by atoms with Crippen molar-refractivity contribution >= 4 is 144 Å². The van der Waals surface area contributed by atoms with Crippen molar-refractivity contribution in [3.05, 3.63) is 357 Å². The van der Waals surface area contributed by atoms with Gasteiger partial charge in [0.1, 0.15) is 0 Å². The first kappa shape index (κ1) is 59.0. The van der Waals surface area contributed by atoms with Crippen molar-refractivity contribution in [3.63, 3.8) is 0 Å². The maximum Gasteiger partial charge on any atom is 0.252 e. The number of anilines is 6. The Bertz CT molecular complexity index is 6210. The summed E-state index contributed by atoms with van der Waals surface area (Å²) < 4.78 is 5.16. The van der Waals surface area contributed by atoms with E-state index in [1.165, 1.54) is 109 Å². The summed E-state index contributed by atoms with van der Waals surface area (Å²) in [7, 11) is 0. The summed E-state index contributed by atoms with van der Waals surface area (Å²) in [6.07, 6.45) is 0. The van der Waals surface area contributed by atoms with E-state index in [1.807, 2.05) is 0 Å². The molecular weight excluding hydrogens is 1240 g/mol. The number of rotatable bonds is 8. The van der Waals surface area contributed by atoms with Gasteiger partial charge in [0.25, 0.3) is 6.71 Å². The van der Waals surface area contributed by atoms with E-state index >= 15 is 0 Å². The number of hydrogen-bond acceptors (Lipinski definition) is 2. The van der Waals surface area contributed by atoms with Gasteiger partial charge >= 0.3 is 0 Å². The van der Waals surface area contributed by atoms with Crippen LogP contribution in [0.4, 0.5) is 34.1 Å². The van der Waals surface area contributed by atoms with Gasteiger partial charge < -0.3 is 18.9 Å². The quantitative estimate of drug-likeness (QED) is 0.141. The van der Waals surface area contributed by atoms with Crippen LogP contribution in [0.3, 0.4) is 0 Å². The largest absolute Gasteiger partial charge is 0.310 e. The lowest BCUT2D eigenvalue weighted by Crippen LogP contribution is -2.61. The SMILES string of the molecule is CC(C)(C)c1cc2c3c(c1)N(c1c(-c4ccccc4)cccc1-c1ccccc1)c1cc(-n4c5ccc6ccccc6c5c5ccc6ccccc6c54)ccc1B3c1ccc(-n3c4ccc5ccccc5c4c4ccc5ccccc5c43)cc1N2c1c(-c2ccccc2)cccc1-c1ccccc1. The Morgan fingerprint density at radius 3 is 0.961 bits per heavy atom. The summed E-state index contributed by atoms with van der Waals surface area (Å²) in [6, 6.07) is 133. The predicted octanol–water partition coefficient (Wildman–Crippen LogP) is 24.5. The highest BCUT2D eigenvalue weighted by Crippen LogP contribution is 2.55. The highest BCUT2D eigenvalue weighted by molar-refractivity contribution is 7.00. The van der Waals surface area contributed by atoms with Crippen molar-refractivity contribution in [2.24, 2.45) is 0 Å². The van der Waals surface area contributed by atoms with Crippen LogP contribution in [-0.4, -0.2) is 15.8 Å². The Morgan fingerprint density at radius 1 is 0.262 bits per heavy atom. The smallest absolute Gasteiger partial charge is 0.252 e. The lowest BCUT2D eigenvalue weighted by molar-refractivity contribution is 0.590. The summed E-state index contributed by atoms with van der Waals surface area (Å²) in [5, 5.41) is 14.8. The zero-order valence-electron chi connectivity index (χ0n) is 57.4. The highest BCUT2D eigenvalue weighted by atomic mass is 15.2. The normalized spacial score (nSPS) is 12.7. The molecule has 19 aromatic rings. The van der Waals surface area contributed by atoms with E-state index in [1.54, 1.807) is 0 Å². The predicted molar refractivity (Wildman–Crippen MR) is 440 cm³/mol. The van der Waals surface area contributed by atoms with Gasteiger partial charge in [-0.1, -0.05) is 324 Å². The summed E-state index contributed by atoms with van der Waals surface area (Å²) in [5.41, 5.74) is 27.5. The van der Waals surface area contributed by atoms with Gasteiger partial charge in [-0.15, -0.1) is 0 Å². The standard InChI is InChI=1S/C98H67BN4/c1-98(2,3)70-58-89-93-90(59-70)103(95-79(64-30-12-6-13-31-64)44-25-45-80(95)65-32-14-7-15-33-65)88-61-72(101-86-57-49-67-35-17-21-39-74(67)92(86)82-53-47-69-37-19-23-41-76(69)97(82)101)51-55-84(88)99(93)83-54-50-71(60-87(83)102(89)94-77(62-26-8-4-9-27-62)42-24-43-78(94)63-28-10-5-11-29-63)100-85-56-48-66-34-16-20-38-73(66)91(85)81-52-46-68-36-18-22-40-75(68)96(81)100/h4-61H,1-3H3. The van der Waals surface area contributed by atoms with E-state index < -0.39 is 0 Å². The first-order chi connectivity index (χ1) is 50.8. The topological polar surface area (TPSA) is 16.3 Å². The number of benzene rings is 17. The minimum atomic E-state index is -0.329. The van der Waals surface area contributed by atoms with Crippen LogP contribution in [0.1, 0.15) is 26.3 Å². The van der Waals surface area contributed by atoms with Gasteiger partial charge in [0.05, 0.1) is 33.4 Å². The molecule has 2 aliphatic rings. The van der Waals surface area contributed by atoms with E-state index in [0.29, 0.717) is 0 Å². The summed E-state index contributed by atoms with van der Waals surface area (Å²) in [6.45, 7) is 6.93. The highest BCUT2D eigenvalue weighted by Gasteiger charge is 2.46. The van der Waals surface area contributed by atoms with Crippen molar-refractivity contribution in [2.45, 2.75) is 26.2 Å². The molecule has 0 atom stereocenters. The molecule has 0 fully saturated rings. The van der Waals surface area contributed by atoms with Crippen LogP contribution in [-0.2, 0) is 5.41 Å². The fourth-order valence-corrected chi connectivity index (χ4v) is 17.8. The molecule has 4 nitrogen and oxygen atoms in total. The fraction of sp³-hybridized carbons (Fsp3) is 0.0408. The number of para-hydroxylation sites is 2. The molecule has 0 aliphatic carbocycles. The molecule has 0 amide bonds. The Hall–Kier alpha value is -13.0. The van der Waals surface area contributed by atoms with Gasteiger partial charge in [-0.2, -0.15) is 0 Å². The zero-order valence-corrected chi connectivity index (χ0v) is 57.4. The third kappa shape index (κ3) is 8.92. The van der Waals surface area contributed by atoms with Crippen LogP contribution in [0.25, 0.3) is 143 Å². The average molecular weight is 1310 g/mol. The molecule has 2 aliphatic heterocycles. The molecule has 0 spiro atoms. The van der Waals surface area contributed by atoms with E-state index in [4.69, 9.17) is 0 Å². The molecule has 0 N–H and O–H groups in total. The molecule has 21 rings (SSSR count). The van der Waals surface area contributed by atoms with E-state index in [2.05, 4.69) is 392 Å². The molecular formula is C98H67BN4. The zero-order chi connectivity index (χ0) is 68.2. The van der Waals surface area contributed by atoms with Crippen molar-refractivity contribution in [2.75, 3.05) is 9.80 Å². The Balaban J connectivity index is 0.939. The van der Waals surface area contributed by atoms with Gasteiger partial charge in [0, 0.05) is 88.7 Å². The molecule has 5 heteroatoms. The molecule has 17 aromatic carbocycles.